The van der Waals surface area contributed by atoms with Crippen LogP contribution in [0.5, 0.6) is 0 Å². The van der Waals surface area contributed by atoms with E-state index in [9.17, 15) is 0 Å². The van der Waals surface area contributed by atoms with Gasteiger partial charge in [-0.15, -0.1) is 0 Å². The molecule has 4 heteroatoms. The van der Waals surface area contributed by atoms with Crippen molar-refractivity contribution in [3.63, 3.8) is 0 Å². The van der Waals surface area contributed by atoms with Gasteiger partial charge in [-0.3, -0.25) is 10.3 Å². The molecule has 0 aromatic heterocycles. The molecule has 0 atom stereocenters. The van der Waals surface area contributed by atoms with Crippen LogP contribution in [0.1, 0.15) is 26.7 Å². The molecule has 88 valence electrons. The lowest BCUT2D eigenvalue weighted by molar-refractivity contribution is 0.0365. The number of nitrogens with zero attached hydrogens (tertiary/aromatic N) is 1. The third kappa shape index (κ3) is 4.18. The van der Waals surface area contributed by atoms with Gasteiger partial charge in [-0.1, -0.05) is 13.8 Å². The van der Waals surface area contributed by atoms with E-state index in [2.05, 4.69) is 4.90 Å². The molecule has 1 aliphatic rings. The Kier molecular flexibility index (Phi) is 4.54. The zero-order chi connectivity index (χ0) is 11.3. The van der Waals surface area contributed by atoms with E-state index >= 15 is 0 Å². The van der Waals surface area contributed by atoms with Crippen LogP contribution >= 0.6 is 0 Å². The summed E-state index contributed by atoms with van der Waals surface area (Å²) >= 11 is 0. The number of ether oxygens (including phenoxy) is 1. The molecule has 0 radical (unpaired) electrons. The van der Waals surface area contributed by atoms with E-state index in [1.807, 2.05) is 13.8 Å². The zero-order valence-electron chi connectivity index (χ0n) is 9.88. The SMILES string of the molecule is CC(C)(CCCN1CCOCC1)C(=N)N. The van der Waals surface area contributed by atoms with Gasteiger partial charge in [0.05, 0.1) is 19.0 Å². The number of rotatable bonds is 5. The predicted molar refractivity (Wildman–Crippen MR) is 62.2 cm³/mol. The molecular formula is C11H23N3O. The fourth-order valence-corrected chi connectivity index (χ4v) is 1.70. The highest BCUT2D eigenvalue weighted by Crippen LogP contribution is 2.21. The maximum Gasteiger partial charge on any atom is 0.0963 e. The second-order valence-corrected chi connectivity index (χ2v) is 4.86. The summed E-state index contributed by atoms with van der Waals surface area (Å²) in [6.07, 6.45) is 2.09. The Morgan fingerprint density at radius 3 is 2.53 bits per heavy atom. The first-order chi connectivity index (χ1) is 7.02. The molecular weight excluding hydrogens is 190 g/mol. The summed E-state index contributed by atoms with van der Waals surface area (Å²) in [6, 6.07) is 0. The Hall–Kier alpha value is -0.610. The summed E-state index contributed by atoms with van der Waals surface area (Å²) in [6.45, 7) is 8.97. The average Bonchev–Trinajstić information content (AvgIpc) is 2.19. The molecule has 3 N–H and O–H groups in total. The molecule has 0 aromatic rings. The average molecular weight is 213 g/mol. The quantitative estimate of drug-likeness (QED) is 0.530. The van der Waals surface area contributed by atoms with Gasteiger partial charge < -0.3 is 10.5 Å². The fraction of sp³-hybridized carbons (Fsp3) is 0.909. The van der Waals surface area contributed by atoms with Crippen molar-refractivity contribution in [3.05, 3.63) is 0 Å². The summed E-state index contributed by atoms with van der Waals surface area (Å²) in [5, 5.41) is 7.46. The van der Waals surface area contributed by atoms with Crippen molar-refractivity contribution < 1.29 is 4.74 Å². The molecule has 0 saturated carbocycles. The molecule has 1 heterocycles. The van der Waals surface area contributed by atoms with E-state index in [0.29, 0.717) is 5.84 Å². The Morgan fingerprint density at radius 2 is 2.00 bits per heavy atom. The summed E-state index contributed by atoms with van der Waals surface area (Å²) in [7, 11) is 0. The molecule has 0 aliphatic carbocycles. The Balaban J connectivity index is 2.17. The van der Waals surface area contributed by atoms with Gasteiger partial charge >= 0.3 is 0 Å². The molecule has 0 spiro atoms. The first kappa shape index (κ1) is 12.5. The van der Waals surface area contributed by atoms with Gasteiger partial charge in [-0.25, -0.2) is 0 Å². The smallest absolute Gasteiger partial charge is 0.0963 e. The number of nitrogens with two attached hydrogens (primary N) is 1. The van der Waals surface area contributed by atoms with Crippen LogP contribution in [0.4, 0.5) is 0 Å². The predicted octanol–water partition coefficient (Wildman–Crippen LogP) is 1.06. The van der Waals surface area contributed by atoms with Crippen molar-refractivity contribution in [2.45, 2.75) is 26.7 Å². The fourth-order valence-electron chi connectivity index (χ4n) is 1.70. The van der Waals surface area contributed by atoms with Crippen LogP contribution < -0.4 is 5.73 Å². The molecule has 0 aromatic carbocycles. The van der Waals surface area contributed by atoms with Gasteiger partial charge in [-0.05, 0) is 19.4 Å². The lowest BCUT2D eigenvalue weighted by Crippen LogP contribution is -2.38. The molecule has 0 unspecified atom stereocenters. The number of hydrogen-bond donors (Lipinski definition) is 2. The monoisotopic (exact) mass is 213 g/mol. The van der Waals surface area contributed by atoms with Crippen LogP contribution in [-0.2, 0) is 4.74 Å². The van der Waals surface area contributed by atoms with Crippen LogP contribution in [0.3, 0.4) is 0 Å². The molecule has 1 saturated heterocycles. The number of morpholine rings is 1. The summed E-state index contributed by atoms with van der Waals surface area (Å²) in [4.78, 5) is 2.42. The Labute approximate surface area is 92.3 Å². The van der Waals surface area contributed by atoms with Gasteiger partial charge in [-0.2, -0.15) is 0 Å². The topological polar surface area (TPSA) is 62.3 Å². The number of hydrogen-bond acceptors (Lipinski definition) is 3. The molecule has 0 bridgehead atoms. The van der Waals surface area contributed by atoms with E-state index in [1.165, 1.54) is 0 Å². The summed E-state index contributed by atoms with van der Waals surface area (Å²) in [5.41, 5.74) is 5.39. The van der Waals surface area contributed by atoms with Crippen LogP contribution in [0.15, 0.2) is 0 Å². The number of amidine groups is 1. The van der Waals surface area contributed by atoms with Crippen molar-refractivity contribution in [1.29, 1.82) is 5.41 Å². The van der Waals surface area contributed by atoms with Crippen molar-refractivity contribution in [2.75, 3.05) is 32.8 Å². The van der Waals surface area contributed by atoms with Gasteiger partial charge in [0.25, 0.3) is 0 Å². The van der Waals surface area contributed by atoms with Gasteiger partial charge in [0.15, 0.2) is 0 Å². The standard InChI is InChI=1S/C11H23N3O/c1-11(2,10(12)13)4-3-5-14-6-8-15-9-7-14/h3-9H2,1-2H3,(H3,12,13). The van der Waals surface area contributed by atoms with Crippen molar-refractivity contribution >= 4 is 5.84 Å². The Morgan fingerprint density at radius 1 is 1.40 bits per heavy atom. The minimum atomic E-state index is -0.147. The van der Waals surface area contributed by atoms with Crippen molar-refractivity contribution in [1.82, 2.24) is 4.90 Å². The van der Waals surface area contributed by atoms with Gasteiger partial charge in [0, 0.05) is 18.5 Å². The number of nitrogens with one attached hydrogen (secondary N) is 1. The third-order valence-electron chi connectivity index (χ3n) is 3.11. The zero-order valence-corrected chi connectivity index (χ0v) is 9.88. The maximum atomic E-state index is 7.46. The molecule has 0 amide bonds. The lowest BCUT2D eigenvalue weighted by Gasteiger charge is -2.28. The van der Waals surface area contributed by atoms with Crippen molar-refractivity contribution in [2.24, 2.45) is 11.1 Å². The van der Waals surface area contributed by atoms with E-state index in [4.69, 9.17) is 15.9 Å². The highest BCUT2D eigenvalue weighted by molar-refractivity contribution is 5.82. The second-order valence-electron chi connectivity index (χ2n) is 4.86. The molecule has 4 nitrogen and oxygen atoms in total. The molecule has 1 rings (SSSR count). The van der Waals surface area contributed by atoms with Gasteiger partial charge in [0.2, 0.25) is 0 Å². The highest BCUT2D eigenvalue weighted by Gasteiger charge is 2.21. The second kappa shape index (κ2) is 5.47. The van der Waals surface area contributed by atoms with Crippen LogP contribution in [0.2, 0.25) is 0 Å². The lowest BCUT2D eigenvalue weighted by atomic mass is 9.86. The van der Waals surface area contributed by atoms with Crippen molar-refractivity contribution in [3.8, 4) is 0 Å². The van der Waals surface area contributed by atoms with E-state index < -0.39 is 0 Å². The van der Waals surface area contributed by atoms with Gasteiger partial charge in [0.1, 0.15) is 0 Å². The van der Waals surface area contributed by atoms with E-state index in [0.717, 1.165) is 45.7 Å². The third-order valence-corrected chi connectivity index (χ3v) is 3.11. The largest absolute Gasteiger partial charge is 0.387 e. The van der Waals surface area contributed by atoms with E-state index in [1.54, 1.807) is 0 Å². The first-order valence-corrected chi connectivity index (χ1v) is 5.67. The van der Waals surface area contributed by atoms with Crippen LogP contribution in [0.25, 0.3) is 0 Å². The Bertz CT molecular complexity index is 210. The maximum absolute atomic E-state index is 7.46. The van der Waals surface area contributed by atoms with Crippen LogP contribution in [-0.4, -0.2) is 43.6 Å². The van der Waals surface area contributed by atoms with E-state index in [-0.39, 0.29) is 5.41 Å². The normalized spacial score (nSPS) is 19.1. The molecule has 15 heavy (non-hydrogen) atoms. The molecule has 1 aliphatic heterocycles. The minimum absolute atomic E-state index is 0.147. The first-order valence-electron chi connectivity index (χ1n) is 5.67. The highest BCUT2D eigenvalue weighted by atomic mass is 16.5. The van der Waals surface area contributed by atoms with Crippen LogP contribution in [0, 0.1) is 10.8 Å². The summed E-state index contributed by atoms with van der Waals surface area (Å²) < 4.78 is 5.29. The minimum Gasteiger partial charge on any atom is -0.387 e. The summed E-state index contributed by atoms with van der Waals surface area (Å²) in [5.74, 6) is 0.296. The molecule has 1 fully saturated rings.